The molecule has 1 aliphatic heterocycles. The maximum absolute atomic E-state index is 12.6. The molecule has 0 radical (unpaired) electrons. The number of carbonyl (C=O) groups excluding carboxylic acids is 2. The van der Waals surface area contributed by atoms with E-state index in [2.05, 4.69) is 9.97 Å². The van der Waals surface area contributed by atoms with E-state index in [1.54, 1.807) is 35.6 Å². The van der Waals surface area contributed by atoms with Crippen LogP contribution < -0.4 is 0 Å². The fraction of sp³-hybridized carbons (Fsp3) is 0.263. The zero-order valence-corrected chi connectivity index (χ0v) is 15.7. The highest BCUT2D eigenvalue weighted by Gasteiger charge is 2.35. The average Bonchev–Trinajstić information content (AvgIpc) is 3.27. The van der Waals surface area contributed by atoms with E-state index in [9.17, 15) is 9.59 Å². The lowest BCUT2D eigenvalue weighted by Crippen LogP contribution is -2.29. The zero-order valence-electron chi connectivity index (χ0n) is 14.1. The highest BCUT2D eigenvalue weighted by molar-refractivity contribution is 7.99. The van der Waals surface area contributed by atoms with E-state index in [-0.39, 0.29) is 17.7 Å². The summed E-state index contributed by atoms with van der Waals surface area (Å²) in [6.07, 6.45) is 3.34. The number of nitrogens with zero attached hydrogens (tertiary/aromatic N) is 3. The topological polar surface area (TPSA) is 63.2 Å². The van der Waals surface area contributed by atoms with Crippen LogP contribution in [0.3, 0.4) is 0 Å². The molecule has 3 heterocycles. The van der Waals surface area contributed by atoms with Gasteiger partial charge < -0.3 is 0 Å². The second-order valence-electron chi connectivity index (χ2n) is 6.47. The Balaban J connectivity index is 1.48. The van der Waals surface area contributed by atoms with E-state index in [1.165, 1.54) is 33.5 Å². The molecule has 0 saturated heterocycles. The van der Waals surface area contributed by atoms with Crippen LogP contribution in [0.4, 0.5) is 0 Å². The van der Waals surface area contributed by atoms with Crippen molar-refractivity contribution in [2.75, 3.05) is 5.88 Å². The number of carbonyl (C=O) groups is 2. The molecule has 0 atom stereocenters. The maximum Gasteiger partial charge on any atom is 0.262 e. The standard InChI is InChI=1S/C19H15N3O2S2/c1-10-20-16(15-13-7-4-8-14(13)26-17(15)21-10)25-9-22-18(23)11-5-2-3-6-12(11)19(22)24/h2-3,5-6H,4,7-9H2,1H3. The van der Waals surface area contributed by atoms with Gasteiger partial charge in [-0.25, -0.2) is 9.97 Å². The number of hydrogen-bond acceptors (Lipinski definition) is 6. The van der Waals surface area contributed by atoms with Gasteiger partial charge in [-0.1, -0.05) is 23.9 Å². The monoisotopic (exact) mass is 381 g/mol. The Hall–Kier alpha value is -2.25. The summed E-state index contributed by atoms with van der Waals surface area (Å²) in [6, 6.07) is 6.98. The van der Waals surface area contributed by atoms with Gasteiger partial charge in [-0.05, 0) is 43.9 Å². The summed E-state index contributed by atoms with van der Waals surface area (Å²) in [6.45, 7) is 1.89. The fourth-order valence-electron chi connectivity index (χ4n) is 3.65. The minimum Gasteiger partial charge on any atom is -0.269 e. The normalized spacial score (nSPS) is 15.8. The first-order chi connectivity index (χ1) is 12.6. The molecule has 130 valence electrons. The van der Waals surface area contributed by atoms with Crippen molar-refractivity contribution >= 4 is 45.1 Å². The first-order valence-electron chi connectivity index (χ1n) is 8.50. The summed E-state index contributed by atoms with van der Waals surface area (Å²) in [5.41, 5.74) is 2.33. The minimum absolute atomic E-state index is 0.226. The molecule has 0 unspecified atom stereocenters. The SMILES string of the molecule is Cc1nc(SCN2C(=O)c3ccccc3C2=O)c2c3c(sc2n1)CCC3. The Morgan fingerprint density at radius 3 is 2.58 bits per heavy atom. The molecule has 1 aliphatic carbocycles. The van der Waals surface area contributed by atoms with Gasteiger partial charge in [-0.3, -0.25) is 14.5 Å². The van der Waals surface area contributed by atoms with Gasteiger partial charge in [0.2, 0.25) is 0 Å². The number of benzene rings is 1. The van der Waals surface area contributed by atoms with Crippen LogP contribution in [0.15, 0.2) is 29.3 Å². The maximum atomic E-state index is 12.6. The predicted molar refractivity (Wildman–Crippen MR) is 102 cm³/mol. The number of aromatic nitrogens is 2. The van der Waals surface area contributed by atoms with Crippen molar-refractivity contribution in [1.29, 1.82) is 0 Å². The van der Waals surface area contributed by atoms with Crippen LogP contribution in [0, 0.1) is 6.92 Å². The van der Waals surface area contributed by atoms with Gasteiger partial charge in [0, 0.05) is 10.3 Å². The Morgan fingerprint density at radius 2 is 1.85 bits per heavy atom. The number of aryl methyl sites for hydroxylation is 3. The van der Waals surface area contributed by atoms with Crippen LogP contribution in [0.2, 0.25) is 0 Å². The Labute approximate surface area is 158 Å². The number of fused-ring (bicyclic) bond motifs is 4. The molecule has 0 bridgehead atoms. The average molecular weight is 381 g/mol. The molecular weight excluding hydrogens is 366 g/mol. The lowest BCUT2D eigenvalue weighted by atomic mass is 10.1. The van der Waals surface area contributed by atoms with Gasteiger partial charge in [-0.15, -0.1) is 11.3 Å². The summed E-state index contributed by atoms with van der Waals surface area (Å²) in [5, 5.41) is 2.00. The van der Waals surface area contributed by atoms with E-state index in [0.717, 1.165) is 33.9 Å². The van der Waals surface area contributed by atoms with Crippen molar-refractivity contribution in [3.63, 3.8) is 0 Å². The van der Waals surface area contributed by atoms with Crippen LogP contribution >= 0.6 is 23.1 Å². The quantitative estimate of drug-likeness (QED) is 0.392. The van der Waals surface area contributed by atoms with Crippen LogP contribution in [0.5, 0.6) is 0 Å². The van der Waals surface area contributed by atoms with Crippen molar-refractivity contribution in [3.8, 4) is 0 Å². The van der Waals surface area contributed by atoms with Gasteiger partial charge in [0.25, 0.3) is 11.8 Å². The third-order valence-corrected chi connectivity index (χ3v) is 6.99. The predicted octanol–water partition coefficient (Wildman–Crippen LogP) is 3.83. The van der Waals surface area contributed by atoms with Crippen molar-refractivity contribution in [1.82, 2.24) is 14.9 Å². The molecule has 0 fully saturated rings. The fourth-order valence-corrected chi connectivity index (χ4v) is 6.07. The summed E-state index contributed by atoms with van der Waals surface area (Å²) in [7, 11) is 0. The van der Waals surface area contributed by atoms with Crippen molar-refractivity contribution in [2.24, 2.45) is 0 Å². The van der Waals surface area contributed by atoms with Crippen molar-refractivity contribution in [2.45, 2.75) is 31.2 Å². The van der Waals surface area contributed by atoms with E-state index >= 15 is 0 Å². The molecule has 26 heavy (non-hydrogen) atoms. The largest absolute Gasteiger partial charge is 0.269 e. The number of hydrogen-bond donors (Lipinski definition) is 0. The van der Waals surface area contributed by atoms with Crippen molar-refractivity contribution in [3.05, 3.63) is 51.7 Å². The number of amides is 2. The first kappa shape index (κ1) is 16.0. The third kappa shape index (κ3) is 2.30. The highest BCUT2D eigenvalue weighted by atomic mass is 32.2. The highest BCUT2D eigenvalue weighted by Crippen LogP contribution is 2.41. The zero-order chi connectivity index (χ0) is 17.8. The smallest absolute Gasteiger partial charge is 0.262 e. The number of imide groups is 1. The van der Waals surface area contributed by atoms with Gasteiger partial charge in [0.1, 0.15) is 15.7 Å². The third-order valence-electron chi connectivity index (χ3n) is 4.85. The molecule has 0 spiro atoms. The number of thioether (sulfide) groups is 1. The molecule has 2 aromatic heterocycles. The molecule has 0 saturated carbocycles. The van der Waals surface area contributed by atoms with Gasteiger partial charge in [0.05, 0.1) is 17.0 Å². The van der Waals surface area contributed by atoms with Gasteiger partial charge in [-0.2, -0.15) is 0 Å². The van der Waals surface area contributed by atoms with Crippen LogP contribution in [-0.2, 0) is 12.8 Å². The van der Waals surface area contributed by atoms with E-state index in [1.807, 2.05) is 6.92 Å². The molecule has 3 aromatic rings. The Kier molecular flexibility index (Phi) is 3.62. The van der Waals surface area contributed by atoms with Crippen LogP contribution in [-0.4, -0.2) is 32.6 Å². The summed E-state index contributed by atoms with van der Waals surface area (Å²) in [5.74, 6) is 0.538. The Bertz CT molecular complexity index is 1050. The van der Waals surface area contributed by atoms with E-state index < -0.39 is 0 Å². The Morgan fingerprint density at radius 1 is 1.12 bits per heavy atom. The molecule has 5 nitrogen and oxygen atoms in total. The van der Waals surface area contributed by atoms with Crippen molar-refractivity contribution < 1.29 is 9.59 Å². The second-order valence-corrected chi connectivity index (χ2v) is 8.49. The van der Waals surface area contributed by atoms with Gasteiger partial charge >= 0.3 is 0 Å². The van der Waals surface area contributed by atoms with E-state index in [0.29, 0.717) is 11.1 Å². The van der Waals surface area contributed by atoms with Crippen LogP contribution in [0.1, 0.15) is 43.4 Å². The molecule has 2 aliphatic rings. The summed E-state index contributed by atoms with van der Waals surface area (Å²) < 4.78 is 0. The molecule has 0 N–H and O–H groups in total. The molecule has 2 amide bonds. The summed E-state index contributed by atoms with van der Waals surface area (Å²) in [4.78, 5) is 38.1. The lowest BCUT2D eigenvalue weighted by Gasteiger charge is -2.13. The van der Waals surface area contributed by atoms with Gasteiger partial charge in [0.15, 0.2) is 0 Å². The first-order valence-corrected chi connectivity index (χ1v) is 10.3. The minimum atomic E-state index is -0.226. The van der Waals surface area contributed by atoms with E-state index in [4.69, 9.17) is 0 Å². The number of rotatable bonds is 3. The second kappa shape index (κ2) is 5.89. The number of thiophene rings is 1. The molecule has 7 heteroatoms. The van der Waals surface area contributed by atoms with Crippen LogP contribution in [0.25, 0.3) is 10.2 Å². The molecule has 1 aromatic carbocycles. The summed E-state index contributed by atoms with van der Waals surface area (Å²) >= 11 is 3.20. The lowest BCUT2D eigenvalue weighted by molar-refractivity contribution is 0.0684. The molecular formula is C19H15N3O2S2. The molecule has 5 rings (SSSR count).